The number of carboxylic acids is 3. The van der Waals surface area contributed by atoms with Gasteiger partial charge in [0.05, 0.1) is 0 Å². The minimum Gasteiger partial charge on any atom is -0.481 e. The van der Waals surface area contributed by atoms with E-state index in [0.717, 1.165) is 25.7 Å². The first-order valence-electron chi connectivity index (χ1n) is 13.7. The van der Waals surface area contributed by atoms with Gasteiger partial charge in [0, 0.05) is 12.8 Å². The van der Waals surface area contributed by atoms with E-state index in [1.54, 1.807) is 0 Å². The number of carboxylic acid groups (broad SMARTS) is 3. The number of carbonyl (C=O) groups is 3. The first-order chi connectivity index (χ1) is 16.3. The minimum atomic E-state index is -0.963. The van der Waals surface area contributed by atoms with Crippen molar-refractivity contribution in [1.29, 1.82) is 0 Å². The van der Waals surface area contributed by atoms with Crippen molar-refractivity contribution in [3.05, 3.63) is 0 Å². The molecule has 0 radical (unpaired) electrons. The normalized spacial score (nSPS) is 11.5. The second-order valence-electron chi connectivity index (χ2n) is 9.49. The van der Waals surface area contributed by atoms with E-state index in [2.05, 4.69) is 0 Å². The highest BCUT2D eigenvalue weighted by Crippen LogP contribution is 2.15. The van der Waals surface area contributed by atoms with E-state index in [4.69, 9.17) is 21.1 Å². The van der Waals surface area contributed by atoms with E-state index in [9.17, 15) is 14.4 Å². The van der Waals surface area contributed by atoms with Crippen molar-refractivity contribution in [3.8, 4) is 0 Å². The van der Waals surface area contributed by atoms with Crippen molar-refractivity contribution in [2.45, 2.75) is 154 Å². The van der Waals surface area contributed by atoms with Crippen LogP contribution < -0.4 is 5.73 Å². The van der Waals surface area contributed by atoms with Gasteiger partial charge in [-0.15, -0.1) is 0 Å². The van der Waals surface area contributed by atoms with Gasteiger partial charge in [-0.3, -0.25) is 14.4 Å². The molecule has 0 aromatic rings. The third-order valence-corrected chi connectivity index (χ3v) is 5.92. The molecule has 34 heavy (non-hydrogen) atoms. The fraction of sp³-hybridized carbons (Fsp3) is 0.889. The third-order valence-electron chi connectivity index (χ3n) is 5.92. The number of aliphatic carboxylic acids is 3. The lowest BCUT2D eigenvalue weighted by molar-refractivity contribution is -0.138. The highest BCUT2D eigenvalue weighted by atomic mass is 16.4. The molecule has 0 aromatic carbocycles. The Morgan fingerprint density at radius 3 is 0.735 bits per heavy atom. The maximum Gasteiger partial charge on any atom is 0.320 e. The van der Waals surface area contributed by atoms with Crippen molar-refractivity contribution in [2.24, 2.45) is 5.73 Å². The molecule has 5 N–H and O–H groups in total. The largest absolute Gasteiger partial charge is 0.481 e. The molecule has 202 valence electrons. The van der Waals surface area contributed by atoms with Gasteiger partial charge in [-0.25, -0.2) is 0 Å². The SMILES string of the molecule is CC(N)C(=O)O.O=C(O)CCCCCCCCCCCCCCCCCCCCCCC(=O)O. The van der Waals surface area contributed by atoms with Gasteiger partial charge in [-0.2, -0.15) is 0 Å². The topological polar surface area (TPSA) is 138 Å². The lowest BCUT2D eigenvalue weighted by Gasteiger charge is -2.04. The summed E-state index contributed by atoms with van der Waals surface area (Å²) in [6, 6.07) is -0.731. The van der Waals surface area contributed by atoms with Crippen LogP contribution in [0, 0.1) is 0 Å². The molecule has 0 amide bonds. The van der Waals surface area contributed by atoms with Gasteiger partial charge in [-0.1, -0.05) is 116 Å². The van der Waals surface area contributed by atoms with Crippen LogP contribution in [0.2, 0.25) is 0 Å². The summed E-state index contributed by atoms with van der Waals surface area (Å²) in [6.45, 7) is 1.42. The molecule has 0 spiro atoms. The average Bonchev–Trinajstić information content (AvgIpc) is 2.77. The smallest absolute Gasteiger partial charge is 0.320 e. The molecule has 0 saturated heterocycles. The summed E-state index contributed by atoms with van der Waals surface area (Å²) in [5, 5.41) is 25.0. The summed E-state index contributed by atoms with van der Waals surface area (Å²) < 4.78 is 0. The molecule has 0 saturated carbocycles. The second-order valence-corrected chi connectivity index (χ2v) is 9.49. The highest BCUT2D eigenvalue weighted by Gasteiger charge is 2.00. The molecule has 0 bridgehead atoms. The summed E-state index contributed by atoms with van der Waals surface area (Å²) >= 11 is 0. The third kappa shape index (κ3) is 35.0. The van der Waals surface area contributed by atoms with Crippen LogP contribution in [0.25, 0.3) is 0 Å². The highest BCUT2D eigenvalue weighted by molar-refractivity contribution is 5.72. The van der Waals surface area contributed by atoms with Crippen molar-refractivity contribution in [3.63, 3.8) is 0 Å². The maximum atomic E-state index is 10.4. The summed E-state index contributed by atoms with van der Waals surface area (Å²) in [5.74, 6) is -2.29. The Morgan fingerprint density at radius 1 is 0.471 bits per heavy atom. The number of unbranched alkanes of at least 4 members (excludes halogenated alkanes) is 19. The Kier molecular flexibility index (Phi) is 28.0. The molecule has 7 nitrogen and oxygen atoms in total. The lowest BCUT2D eigenvalue weighted by atomic mass is 10.0. The Hall–Kier alpha value is -1.63. The van der Waals surface area contributed by atoms with E-state index in [1.165, 1.54) is 110 Å². The molecule has 0 aliphatic carbocycles. The zero-order valence-electron chi connectivity index (χ0n) is 21.8. The Bertz CT molecular complexity index is 448. The van der Waals surface area contributed by atoms with Gasteiger partial charge in [0.25, 0.3) is 0 Å². The molecule has 1 unspecified atom stereocenters. The molecule has 0 fully saturated rings. The molecule has 0 aromatic heterocycles. The first kappa shape index (κ1) is 34.5. The van der Waals surface area contributed by atoms with Crippen LogP contribution in [0.15, 0.2) is 0 Å². The van der Waals surface area contributed by atoms with Crippen molar-refractivity contribution in [1.82, 2.24) is 0 Å². The molecule has 0 aliphatic heterocycles. The monoisotopic (exact) mass is 487 g/mol. The van der Waals surface area contributed by atoms with Crippen LogP contribution in [0.4, 0.5) is 0 Å². The molecular formula is C27H53NO6. The number of hydrogen-bond donors (Lipinski definition) is 4. The van der Waals surface area contributed by atoms with Crippen LogP contribution in [0.1, 0.15) is 148 Å². The molecular weight excluding hydrogens is 434 g/mol. The summed E-state index contributed by atoms with van der Waals surface area (Å²) in [4.78, 5) is 30.4. The Labute approximate surface area is 207 Å². The van der Waals surface area contributed by atoms with E-state index in [1.807, 2.05) is 0 Å². The fourth-order valence-corrected chi connectivity index (χ4v) is 3.73. The zero-order chi connectivity index (χ0) is 25.9. The van der Waals surface area contributed by atoms with E-state index < -0.39 is 23.9 Å². The summed E-state index contributed by atoms with van der Waals surface area (Å²) in [5.41, 5.74) is 4.84. The first-order valence-corrected chi connectivity index (χ1v) is 13.7. The number of rotatable bonds is 24. The van der Waals surface area contributed by atoms with Gasteiger partial charge in [-0.05, 0) is 19.8 Å². The van der Waals surface area contributed by atoms with Crippen molar-refractivity contribution in [2.75, 3.05) is 0 Å². The fourth-order valence-electron chi connectivity index (χ4n) is 3.73. The van der Waals surface area contributed by atoms with Gasteiger partial charge in [0.15, 0.2) is 0 Å². The van der Waals surface area contributed by atoms with E-state index >= 15 is 0 Å². The Balaban J connectivity index is 0. The quantitative estimate of drug-likeness (QED) is 0.106. The van der Waals surface area contributed by atoms with E-state index in [0.29, 0.717) is 12.8 Å². The van der Waals surface area contributed by atoms with Crippen molar-refractivity contribution < 1.29 is 29.7 Å². The predicted molar refractivity (Wildman–Crippen MR) is 138 cm³/mol. The number of nitrogens with two attached hydrogens (primary N) is 1. The van der Waals surface area contributed by atoms with Crippen LogP contribution in [0.5, 0.6) is 0 Å². The van der Waals surface area contributed by atoms with Gasteiger partial charge in [0.1, 0.15) is 6.04 Å². The minimum absolute atomic E-state index is 0.330. The van der Waals surface area contributed by atoms with Crippen molar-refractivity contribution >= 4 is 17.9 Å². The maximum absolute atomic E-state index is 10.4. The predicted octanol–water partition coefficient (Wildman–Crippen LogP) is 7.16. The van der Waals surface area contributed by atoms with Gasteiger partial charge >= 0.3 is 17.9 Å². The zero-order valence-corrected chi connectivity index (χ0v) is 21.8. The van der Waals surface area contributed by atoms with E-state index in [-0.39, 0.29) is 0 Å². The van der Waals surface area contributed by atoms with Gasteiger partial charge in [0.2, 0.25) is 0 Å². The van der Waals surface area contributed by atoms with Crippen LogP contribution in [-0.4, -0.2) is 39.3 Å². The summed E-state index contributed by atoms with van der Waals surface area (Å²) in [7, 11) is 0. The molecule has 0 heterocycles. The molecule has 0 aliphatic rings. The molecule has 0 rings (SSSR count). The summed E-state index contributed by atoms with van der Waals surface area (Å²) in [6.07, 6.45) is 25.7. The Morgan fingerprint density at radius 2 is 0.618 bits per heavy atom. The average molecular weight is 488 g/mol. The molecule has 7 heteroatoms. The van der Waals surface area contributed by atoms with Crippen LogP contribution in [0.3, 0.4) is 0 Å². The second kappa shape index (κ2) is 27.6. The standard InChI is InChI=1S/C24H46O4.C3H7NO2/c25-23(26)21-19-17-15-13-11-9-7-5-3-1-2-4-6-8-10-12-14-16-18-20-22-24(27)28;1-2(4)3(5)6/h1-22H2,(H,25,26)(H,27,28);2H,4H2,1H3,(H,5,6). The van der Waals surface area contributed by atoms with Crippen LogP contribution in [-0.2, 0) is 14.4 Å². The number of hydrogen-bond acceptors (Lipinski definition) is 4. The lowest BCUT2D eigenvalue weighted by Crippen LogP contribution is -2.25. The van der Waals surface area contributed by atoms with Gasteiger partial charge < -0.3 is 21.1 Å². The van der Waals surface area contributed by atoms with Crippen LogP contribution >= 0.6 is 0 Å². The molecule has 1 atom stereocenters.